The number of nitrogens with zero attached hydrogens (tertiary/aromatic N) is 3. The largest absolute Gasteiger partial charge is 0.351 e. The van der Waals surface area contributed by atoms with Crippen molar-refractivity contribution in [1.29, 1.82) is 0 Å². The third kappa shape index (κ3) is 3.45. The molecule has 1 aliphatic rings. The van der Waals surface area contributed by atoms with Gasteiger partial charge in [-0.2, -0.15) is 0 Å². The van der Waals surface area contributed by atoms with Crippen LogP contribution in [0.1, 0.15) is 23.3 Å². The Morgan fingerprint density at radius 2 is 1.86 bits per heavy atom. The minimum absolute atomic E-state index is 0.0854. The quantitative estimate of drug-likeness (QED) is 0.896. The van der Waals surface area contributed by atoms with Crippen molar-refractivity contribution in [2.75, 3.05) is 5.32 Å². The Labute approximate surface area is 137 Å². The number of nitrogens with one attached hydrogen (secondary N) is 2. The highest BCUT2D eigenvalue weighted by Crippen LogP contribution is 2.24. The van der Waals surface area contributed by atoms with Crippen LogP contribution in [0.3, 0.4) is 0 Å². The smallest absolute Gasteiger partial charge is 0.271 e. The van der Waals surface area contributed by atoms with E-state index >= 15 is 0 Å². The van der Waals surface area contributed by atoms with Gasteiger partial charge in [0.1, 0.15) is 5.69 Å². The molecular formula is C14H13Cl2N5O. The summed E-state index contributed by atoms with van der Waals surface area (Å²) in [4.78, 5) is 24.3. The molecule has 0 radical (unpaired) electrons. The topological polar surface area (TPSA) is 79.8 Å². The number of amides is 1. The molecule has 0 unspecified atom stereocenters. The number of rotatable bonds is 4. The number of halogens is 2. The highest BCUT2D eigenvalue weighted by Gasteiger charge is 2.31. The predicted molar refractivity (Wildman–Crippen MR) is 84.2 cm³/mol. The van der Waals surface area contributed by atoms with E-state index in [0.29, 0.717) is 11.0 Å². The molecule has 1 fully saturated rings. The number of carbonyl (C=O) groups excluding carboxylic acids is 1. The highest BCUT2D eigenvalue weighted by atomic mass is 35.5. The van der Waals surface area contributed by atoms with Crippen molar-refractivity contribution in [3.05, 3.63) is 46.5 Å². The van der Waals surface area contributed by atoms with Crippen molar-refractivity contribution in [3.63, 3.8) is 0 Å². The fraction of sp³-hybridized carbons (Fsp3) is 0.286. The average Bonchev–Trinajstić information content (AvgIpc) is 2.46. The van der Waals surface area contributed by atoms with Crippen molar-refractivity contribution < 1.29 is 4.79 Å². The summed E-state index contributed by atoms with van der Waals surface area (Å²) in [6, 6.07) is 3.60. The lowest BCUT2D eigenvalue weighted by Crippen LogP contribution is -2.50. The summed E-state index contributed by atoms with van der Waals surface area (Å²) >= 11 is 11.7. The molecule has 2 aromatic heterocycles. The standard InChI is InChI=1S/C14H13Cl2N5O/c15-8-4-11(16)12(19-7-8)13(22)20-9-5-10(6-9)21-14-17-2-1-3-18-14/h1-4,7,9-10H,5-6H2,(H,20,22)(H,17,18,21). The molecule has 2 heterocycles. The summed E-state index contributed by atoms with van der Waals surface area (Å²) in [5, 5.41) is 6.75. The van der Waals surface area contributed by atoms with Crippen LogP contribution in [0.15, 0.2) is 30.7 Å². The average molecular weight is 338 g/mol. The first-order valence-electron chi connectivity index (χ1n) is 6.77. The van der Waals surface area contributed by atoms with E-state index in [0.717, 1.165) is 12.8 Å². The molecule has 3 rings (SSSR count). The summed E-state index contributed by atoms with van der Waals surface area (Å²) in [5.74, 6) is 0.306. The summed E-state index contributed by atoms with van der Waals surface area (Å²) in [6.45, 7) is 0. The predicted octanol–water partition coefficient (Wildman–Crippen LogP) is 2.55. The molecular weight excluding hydrogens is 325 g/mol. The van der Waals surface area contributed by atoms with E-state index in [1.165, 1.54) is 12.3 Å². The number of hydrogen-bond donors (Lipinski definition) is 2. The molecule has 0 aromatic carbocycles. The van der Waals surface area contributed by atoms with Gasteiger partial charge >= 0.3 is 0 Å². The Hall–Kier alpha value is -1.92. The Kier molecular flexibility index (Phi) is 4.40. The Morgan fingerprint density at radius 1 is 1.14 bits per heavy atom. The van der Waals surface area contributed by atoms with E-state index in [2.05, 4.69) is 25.6 Å². The van der Waals surface area contributed by atoms with Crippen LogP contribution in [-0.4, -0.2) is 32.9 Å². The number of anilines is 1. The first-order chi connectivity index (χ1) is 10.6. The summed E-state index contributed by atoms with van der Waals surface area (Å²) in [5.41, 5.74) is 0.189. The molecule has 8 heteroatoms. The molecule has 0 bridgehead atoms. The van der Waals surface area contributed by atoms with Gasteiger partial charge in [0.15, 0.2) is 0 Å². The van der Waals surface area contributed by atoms with Gasteiger partial charge in [0.25, 0.3) is 5.91 Å². The number of pyridine rings is 1. The van der Waals surface area contributed by atoms with E-state index in [1.54, 1.807) is 18.5 Å². The van der Waals surface area contributed by atoms with Crippen molar-refractivity contribution in [2.24, 2.45) is 0 Å². The molecule has 0 spiro atoms. The first-order valence-corrected chi connectivity index (χ1v) is 7.53. The zero-order chi connectivity index (χ0) is 15.5. The maximum Gasteiger partial charge on any atom is 0.271 e. The normalized spacial score (nSPS) is 20.1. The molecule has 1 amide bonds. The van der Waals surface area contributed by atoms with Gasteiger partial charge in [0.2, 0.25) is 5.95 Å². The Balaban J connectivity index is 1.50. The van der Waals surface area contributed by atoms with E-state index in [1.807, 2.05) is 0 Å². The van der Waals surface area contributed by atoms with Crippen LogP contribution in [-0.2, 0) is 0 Å². The van der Waals surface area contributed by atoms with Gasteiger partial charge in [-0.3, -0.25) is 4.79 Å². The van der Waals surface area contributed by atoms with Crippen LogP contribution >= 0.6 is 23.2 Å². The van der Waals surface area contributed by atoms with Gasteiger partial charge in [-0.1, -0.05) is 23.2 Å². The lowest BCUT2D eigenvalue weighted by atomic mass is 9.86. The lowest BCUT2D eigenvalue weighted by molar-refractivity contribution is 0.0908. The van der Waals surface area contributed by atoms with Crippen LogP contribution in [0.25, 0.3) is 0 Å². The Morgan fingerprint density at radius 3 is 2.55 bits per heavy atom. The highest BCUT2D eigenvalue weighted by molar-refractivity contribution is 6.36. The number of carbonyl (C=O) groups is 1. The zero-order valence-electron chi connectivity index (χ0n) is 11.5. The second kappa shape index (κ2) is 6.46. The molecule has 0 aliphatic heterocycles. The van der Waals surface area contributed by atoms with Crippen LogP contribution in [0.4, 0.5) is 5.95 Å². The van der Waals surface area contributed by atoms with Crippen LogP contribution in [0.5, 0.6) is 0 Å². The first kappa shape index (κ1) is 15.0. The van der Waals surface area contributed by atoms with Crippen molar-refractivity contribution in [2.45, 2.75) is 24.9 Å². The van der Waals surface area contributed by atoms with Crippen LogP contribution < -0.4 is 10.6 Å². The molecule has 0 saturated heterocycles. The fourth-order valence-electron chi connectivity index (χ4n) is 2.25. The van der Waals surface area contributed by atoms with Gasteiger partial charge in [0, 0.05) is 30.7 Å². The van der Waals surface area contributed by atoms with E-state index in [9.17, 15) is 4.79 Å². The minimum Gasteiger partial charge on any atom is -0.351 e. The molecule has 6 nitrogen and oxygen atoms in total. The lowest BCUT2D eigenvalue weighted by Gasteiger charge is -2.36. The van der Waals surface area contributed by atoms with E-state index < -0.39 is 0 Å². The summed E-state index contributed by atoms with van der Waals surface area (Å²) in [6.07, 6.45) is 6.37. The molecule has 1 saturated carbocycles. The molecule has 2 aromatic rings. The maximum absolute atomic E-state index is 12.1. The van der Waals surface area contributed by atoms with Gasteiger partial charge in [-0.05, 0) is 25.0 Å². The second-order valence-corrected chi connectivity index (χ2v) is 5.88. The van der Waals surface area contributed by atoms with Gasteiger partial charge in [-0.25, -0.2) is 15.0 Å². The van der Waals surface area contributed by atoms with E-state index in [-0.39, 0.29) is 28.7 Å². The summed E-state index contributed by atoms with van der Waals surface area (Å²) < 4.78 is 0. The van der Waals surface area contributed by atoms with Crippen LogP contribution in [0, 0.1) is 0 Å². The monoisotopic (exact) mass is 337 g/mol. The molecule has 1 aliphatic carbocycles. The van der Waals surface area contributed by atoms with Crippen molar-refractivity contribution in [3.8, 4) is 0 Å². The van der Waals surface area contributed by atoms with Gasteiger partial charge in [0.05, 0.1) is 10.0 Å². The zero-order valence-corrected chi connectivity index (χ0v) is 13.0. The minimum atomic E-state index is -0.291. The third-order valence-corrected chi connectivity index (χ3v) is 3.89. The van der Waals surface area contributed by atoms with Crippen molar-refractivity contribution in [1.82, 2.24) is 20.3 Å². The number of aromatic nitrogens is 3. The van der Waals surface area contributed by atoms with Gasteiger partial charge < -0.3 is 10.6 Å². The second-order valence-electron chi connectivity index (χ2n) is 5.04. The Bertz CT molecular complexity index is 676. The molecule has 114 valence electrons. The third-order valence-electron chi connectivity index (χ3n) is 3.40. The maximum atomic E-state index is 12.1. The number of hydrogen-bond acceptors (Lipinski definition) is 5. The fourth-order valence-corrected chi connectivity index (χ4v) is 2.71. The molecule has 2 N–H and O–H groups in total. The SMILES string of the molecule is O=C(NC1CC(Nc2ncccn2)C1)c1ncc(Cl)cc1Cl. The van der Waals surface area contributed by atoms with Crippen LogP contribution in [0.2, 0.25) is 10.0 Å². The summed E-state index contributed by atoms with van der Waals surface area (Å²) in [7, 11) is 0. The molecule has 0 atom stereocenters. The van der Waals surface area contributed by atoms with E-state index in [4.69, 9.17) is 23.2 Å². The molecule has 22 heavy (non-hydrogen) atoms. The van der Waals surface area contributed by atoms with Crippen molar-refractivity contribution >= 4 is 35.1 Å². The van der Waals surface area contributed by atoms with Gasteiger partial charge in [-0.15, -0.1) is 0 Å².